The van der Waals surface area contributed by atoms with Crippen molar-refractivity contribution in [1.82, 2.24) is 0 Å². The van der Waals surface area contributed by atoms with Gasteiger partial charge >= 0.3 is 5.97 Å². The summed E-state index contributed by atoms with van der Waals surface area (Å²) < 4.78 is 4.84. The van der Waals surface area contributed by atoms with Crippen LogP contribution in [0.15, 0.2) is 23.5 Å². The summed E-state index contributed by atoms with van der Waals surface area (Å²) in [5.74, 6) is -0.320. The van der Waals surface area contributed by atoms with Crippen LogP contribution in [-0.4, -0.2) is 39.6 Å². The molecule has 0 saturated carbocycles. The van der Waals surface area contributed by atoms with Crippen molar-refractivity contribution in [3.8, 4) is 0 Å². The van der Waals surface area contributed by atoms with Gasteiger partial charge in [0, 0.05) is 12.0 Å². The summed E-state index contributed by atoms with van der Waals surface area (Å²) in [5.41, 5.74) is 0.360. The molecule has 0 aliphatic carbocycles. The van der Waals surface area contributed by atoms with E-state index in [1.165, 1.54) is 19.1 Å². The first-order valence-corrected chi connectivity index (χ1v) is 5.09. The van der Waals surface area contributed by atoms with E-state index in [0.29, 0.717) is 5.57 Å². The molecule has 0 amide bonds. The van der Waals surface area contributed by atoms with Crippen LogP contribution in [0.25, 0.3) is 0 Å². The van der Waals surface area contributed by atoms with E-state index in [4.69, 9.17) is 14.9 Å². The third kappa shape index (κ3) is 3.44. The van der Waals surface area contributed by atoms with Gasteiger partial charge in [-0.1, -0.05) is 0 Å². The molecule has 90 valence electrons. The molecule has 1 rings (SSSR count). The van der Waals surface area contributed by atoms with Crippen LogP contribution in [0.2, 0.25) is 0 Å². The van der Waals surface area contributed by atoms with Gasteiger partial charge in [-0.3, -0.25) is 0 Å². The van der Waals surface area contributed by atoms with E-state index in [9.17, 15) is 9.90 Å². The van der Waals surface area contributed by atoms with E-state index in [1.807, 2.05) is 0 Å². The number of hydrogen-bond acceptors (Lipinski definition) is 5. The van der Waals surface area contributed by atoms with E-state index in [1.54, 1.807) is 6.92 Å². The summed E-state index contributed by atoms with van der Waals surface area (Å²) in [6.07, 6.45) is 0.296. The van der Waals surface area contributed by atoms with Crippen LogP contribution in [0.3, 0.4) is 0 Å². The van der Waals surface area contributed by atoms with Gasteiger partial charge in [0.1, 0.15) is 11.9 Å². The normalized spacial score (nSPS) is 23.9. The molecule has 3 N–H and O–H groups in total. The molecule has 16 heavy (non-hydrogen) atoms. The van der Waals surface area contributed by atoms with Crippen LogP contribution in [-0.2, 0) is 9.53 Å². The number of rotatable bonds is 4. The number of cyclic esters (lactones) is 1. The molecular formula is C11H16O5. The van der Waals surface area contributed by atoms with Crippen LogP contribution in [0.4, 0.5) is 0 Å². The summed E-state index contributed by atoms with van der Waals surface area (Å²) in [4.78, 5) is 11.3. The number of aliphatic hydroxyl groups excluding tert-OH is 3. The smallest absolute Gasteiger partial charge is 0.339 e. The minimum Gasteiger partial charge on any atom is -0.423 e. The maximum atomic E-state index is 11.3. The Morgan fingerprint density at radius 3 is 2.50 bits per heavy atom. The fourth-order valence-corrected chi connectivity index (χ4v) is 1.28. The zero-order valence-corrected chi connectivity index (χ0v) is 9.25. The molecule has 1 heterocycles. The molecule has 0 bridgehead atoms. The fraction of sp³-hybridized carbons (Fsp3) is 0.545. The molecule has 0 fully saturated rings. The molecule has 5 nitrogen and oxygen atoms in total. The van der Waals surface area contributed by atoms with Crippen molar-refractivity contribution in [2.24, 2.45) is 0 Å². The Kier molecular flexibility index (Phi) is 4.23. The molecule has 1 aliphatic rings. The molecule has 0 saturated heterocycles. The average Bonchev–Trinajstić information content (AvgIpc) is 2.45. The van der Waals surface area contributed by atoms with Crippen LogP contribution in [0.1, 0.15) is 20.3 Å². The van der Waals surface area contributed by atoms with Crippen molar-refractivity contribution in [3.05, 3.63) is 23.5 Å². The third-order valence-electron chi connectivity index (χ3n) is 2.13. The summed E-state index contributed by atoms with van der Waals surface area (Å²) in [5, 5.41) is 27.5. The van der Waals surface area contributed by atoms with Gasteiger partial charge in [-0.15, -0.1) is 0 Å². The molecule has 0 unspecified atom stereocenters. The molecule has 0 spiro atoms. The number of hydrogen-bond donors (Lipinski definition) is 3. The zero-order valence-electron chi connectivity index (χ0n) is 9.25. The first kappa shape index (κ1) is 12.9. The summed E-state index contributed by atoms with van der Waals surface area (Å²) >= 11 is 0. The Hall–Kier alpha value is -1.17. The van der Waals surface area contributed by atoms with Gasteiger partial charge in [0.05, 0.1) is 12.2 Å². The first-order valence-electron chi connectivity index (χ1n) is 5.09. The predicted molar refractivity (Wildman–Crippen MR) is 56.2 cm³/mol. The Bertz CT molecular complexity index is 327. The number of ether oxygens (including phenoxy) is 1. The van der Waals surface area contributed by atoms with Crippen LogP contribution < -0.4 is 0 Å². The minimum absolute atomic E-state index is 0.203. The van der Waals surface area contributed by atoms with Crippen LogP contribution in [0.5, 0.6) is 0 Å². The van der Waals surface area contributed by atoms with E-state index in [-0.39, 0.29) is 12.2 Å². The number of carbonyl (C=O) groups is 1. The average molecular weight is 228 g/mol. The van der Waals surface area contributed by atoms with Crippen molar-refractivity contribution in [3.63, 3.8) is 0 Å². The summed E-state index contributed by atoms with van der Waals surface area (Å²) in [7, 11) is 0. The summed E-state index contributed by atoms with van der Waals surface area (Å²) in [6.45, 7) is 3.00. The molecule has 0 aromatic carbocycles. The highest BCUT2D eigenvalue weighted by Crippen LogP contribution is 2.21. The topological polar surface area (TPSA) is 87.0 Å². The molecule has 0 radical (unpaired) electrons. The Morgan fingerprint density at radius 1 is 1.38 bits per heavy atom. The quantitative estimate of drug-likeness (QED) is 0.583. The molecule has 3 atom stereocenters. The van der Waals surface area contributed by atoms with Crippen molar-refractivity contribution in [2.45, 2.75) is 38.6 Å². The maximum Gasteiger partial charge on any atom is 0.339 e. The van der Waals surface area contributed by atoms with E-state index in [2.05, 4.69) is 0 Å². The van der Waals surface area contributed by atoms with Crippen molar-refractivity contribution >= 4 is 5.97 Å². The van der Waals surface area contributed by atoms with Crippen molar-refractivity contribution < 1.29 is 24.9 Å². The standard InChI is InChI=1S/C11H16O5/c1-6(12)3-8-4-9(16-11(8)15)5-10(14)7(2)13/h4-7,10,12-14H,3H2,1-2H3/b9-5-/t6-,7+,10+/m0/s1. The van der Waals surface area contributed by atoms with Gasteiger partial charge in [-0.25, -0.2) is 4.79 Å². The lowest BCUT2D eigenvalue weighted by atomic mass is 10.1. The number of esters is 1. The Labute approximate surface area is 93.7 Å². The van der Waals surface area contributed by atoms with Crippen LogP contribution in [0, 0.1) is 0 Å². The zero-order chi connectivity index (χ0) is 12.3. The predicted octanol–water partition coefficient (Wildman–Crippen LogP) is -0.134. The lowest BCUT2D eigenvalue weighted by Crippen LogP contribution is -2.20. The second-order valence-corrected chi connectivity index (χ2v) is 3.91. The maximum absolute atomic E-state index is 11.3. The second kappa shape index (κ2) is 5.25. The largest absolute Gasteiger partial charge is 0.423 e. The van der Waals surface area contributed by atoms with Crippen LogP contribution >= 0.6 is 0 Å². The van der Waals surface area contributed by atoms with Crippen molar-refractivity contribution in [1.29, 1.82) is 0 Å². The number of carbonyl (C=O) groups excluding carboxylic acids is 1. The lowest BCUT2D eigenvalue weighted by molar-refractivity contribution is -0.133. The SMILES string of the molecule is C[C@H](O)CC1=C/C(=C/[C@@H](O)[C@@H](C)O)OC1=O. The van der Waals surface area contributed by atoms with Gasteiger partial charge in [0.2, 0.25) is 0 Å². The fourth-order valence-electron chi connectivity index (χ4n) is 1.28. The van der Waals surface area contributed by atoms with Gasteiger partial charge in [-0.2, -0.15) is 0 Å². The highest BCUT2D eigenvalue weighted by Gasteiger charge is 2.23. The lowest BCUT2D eigenvalue weighted by Gasteiger charge is -2.08. The number of allylic oxidation sites excluding steroid dienone is 1. The Balaban J connectivity index is 2.73. The molecule has 5 heteroatoms. The molecular weight excluding hydrogens is 212 g/mol. The monoisotopic (exact) mass is 228 g/mol. The third-order valence-corrected chi connectivity index (χ3v) is 2.13. The second-order valence-electron chi connectivity index (χ2n) is 3.91. The van der Waals surface area contributed by atoms with E-state index < -0.39 is 24.3 Å². The summed E-state index contributed by atoms with van der Waals surface area (Å²) in [6, 6.07) is 0. The van der Waals surface area contributed by atoms with Gasteiger partial charge in [-0.05, 0) is 26.0 Å². The van der Waals surface area contributed by atoms with Gasteiger partial charge in [0.25, 0.3) is 0 Å². The van der Waals surface area contributed by atoms with Gasteiger partial charge < -0.3 is 20.1 Å². The van der Waals surface area contributed by atoms with Gasteiger partial charge in [0.15, 0.2) is 0 Å². The van der Waals surface area contributed by atoms with Crippen molar-refractivity contribution in [2.75, 3.05) is 0 Å². The van der Waals surface area contributed by atoms with E-state index in [0.717, 1.165) is 0 Å². The molecule has 1 aliphatic heterocycles. The number of aliphatic hydroxyl groups is 3. The highest BCUT2D eigenvalue weighted by molar-refractivity contribution is 5.92. The molecule has 0 aromatic rings. The Morgan fingerprint density at radius 2 is 2.00 bits per heavy atom. The van der Waals surface area contributed by atoms with E-state index >= 15 is 0 Å². The first-order chi connectivity index (χ1) is 7.40. The molecule has 0 aromatic heterocycles. The minimum atomic E-state index is -1.08. The highest BCUT2D eigenvalue weighted by atomic mass is 16.5.